The van der Waals surface area contributed by atoms with Crippen LogP contribution in [0.2, 0.25) is 5.02 Å². The van der Waals surface area contributed by atoms with E-state index in [0.29, 0.717) is 78.3 Å². The molecule has 1 amide bonds. The van der Waals surface area contributed by atoms with E-state index < -0.39 is 0 Å². The van der Waals surface area contributed by atoms with Crippen molar-refractivity contribution in [3.05, 3.63) is 57.3 Å². The Kier molecular flexibility index (Phi) is 5.62. The molecule has 8 nitrogen and oxygen atoms in total. The minimum atomic E-state index is -0.114. The predicted octanol–water partition coefficient (Wildman–Crippen LogP) is 3.36. The van der Waals surface area contributed by atoms with Crippen molar-refractivity contribution in [1.29, 1.82) is 0 Å². The second kappa shape index (κ2) is 8.59. The third kappa shape index (κ3) is 3.88. The molecule has 0 N–H and O–H groups in total. The van der Waals surface area contributed by atoms with Crippen molar-refractivity contribution in [2.75, 3.05) is 44.3 Å². The lowest BCUT2D eigenvalue weighted by molar-refractivity contribution is 0.0746. The Balaban J connectivity index is 1.46. The van der Waals surface area contributed by atoms with E-state index in [2.05, 4.69) is 4.90 Å². The predicted molar refractivity (Wildman–Crippen MR) is 127 cm³/mol. The molecule has 3 aromatic rings. The van der Waals surface area contributed by atoms with Gasteiger partial charge >= 0.3 is 0 Å². The molecule has 0 spiro atoms. The van der Waals surface area contributed by atoms with Crippen molar-refractivity contribution in [2.45, 2.75) is 19.9 Å². The quantitative estimate of drug-likeness (QED) is 0.586. The summed E-state index contributed by atoms with van der Waals surface area (Å²) in [5.74, 6) is 1.69. The number of amides is 1. The number of anilines is 1. The number of aromatic nitrogens is 2. The maximum absolute atomic E-state index is 13.4. The molecule has 0 radical (unpaired) electrons. The molecule has 1 saturated heterocycles. The van der Waals surface area contributed by atoms with Crippen LogP contribution >= 0.6 is 11.6 Å². The number of rotatable bonds is 3. The van der Waals surface area contributed by atoms with Gasteiger partial charge in [-0.3, -0.25) is 14.2 Å². The van der Waals surface area contributed by atoms with Crippen molar-refractivity contribution >= 4 is 34.4 Å². The number of hydrogen-bond acceptors (Lipinski definition) is 6. The first-order valence-corrected chi connectivity index (χ1v) is 11.5. The van der Waals surface area contributed by atoms with Gasteiger partial charge in [-0.2, -0.15) is 0 Å². The highest BCUT2D eigenvalue weighted by Gasteiger charge is 2.27. The lowest BCUT2D eigenvalue weighted by atomic mass is 10.1. The summed E-state index contributed by atoms with van der Waals surface area (Å²) in [5.41, 5.74) is 0.963. The molecule has 2 aromatic carbocycles. The Morgan fingerprint density at radius 3 is 2.36 bits per heavy atom. The monoisotopic (exact) mass is 468 g/mol. The smallest absolute Gasteiger partial charge is 0.263 e. The lowest BCUT2D eigenvalue weighted by Crippen LogP contribution is -2.50. The summed E-state index contributed by atoms with van der Waals surface area (Å²) in [6, 6.07) is 10.5. The number of carbonyl (C=O) groups is 1. The highest BCUT2D eigenvalue weighted by molar-refractivity contribution is 6.33. The van der Waals surface area contributed by atoms with Crippen LogP contribution in [0.25, 0.3) is 10.9 Å². The Labute approximate surface area is 196 Å². The SMILES string of the molecule is CC(C)n1c(N2CCN(C(=O)c3ccccc3Cl)CC2)nc2cc3c(cc2c1=O)OCCO3. The first kappa shape index (κ1) is 21.6. The van der Waals surface area contributed by atoms with Gasteiger partial charge in [0.15, 0.2) is 11.5 Å². The van der Waals surface area contributed by atoms with Crippen LogP contribution < -0.4 is 19.9 Å². The number of hydrogen-bond donors (Lipinski definition) is 0. The molecule has 0 atom stereocenters. The molecule has 1 fully saturated rings. The number of halogens is 1. The summed E-state index contributed by atoms with van der Waals surface area (Å²) in [6.45, 7) is 7.00. The highest BCUT2D eigenvalue weighted by atomic mass is 35.5. The van der Waals surface area contributed by atoms with Gasteiger partial charge in [0, 0.05) is 38.3 Å². The average Bonchev–Trinajstić information content (AvgIpc) is 2.82. The molecule has 3 heterocycles. The standard InChI is InChI=1S/C24H25ClN4O4/c1-15(2)29-23(31)17-13-20-21(33-12-11-32-20)14-19(17)26-24(29)28-9-7-27(8-10-28)22(30)16-5-3-4-6-18(16)25/h3-6,13-15H,7-12H2,1-2H3. The number of nitrogens with zero attached hydrogens (tertiary/aromatic N) is 4. The number of fused-ring (bicyclic) bond motifs is 2. The van der Waals surface area contributed by atoms with Gasteiger partial charge in [0.1, 0.15) is 13.2 Å². The second-order valence-corrected chi connectivity index (χ2v) is 8.86. The first-order chi connectivity index (χ1) is 15.9. The van der Waals surface area contributed by atoms with Crippen LogP contribution in [-0.4, -0.2) is 59.8 Å². The Bertz CT molecular complexity index is 1280. The Morgan fingerprint density at radius 1 is 1.03 bits per heavy atom. The van der Waals surface area contributed by atoms with Gasteiger partial charge in [-0.15, -0.1) is 0 Å². The van der Waals surface area contributed by atoms with Gasteiger partial charge in [0.05, 0.1) is 21.5 Å². The molecule has 33 heavy (non-hydrogen) atoms. The van der Waals surface area contributed by atoms with Gasteiger partial charge in [-0.1, -0.05) is 23.7 Å². The van der Waals surface area contributed by atoms with E-state index in [1.54, 1.807) is 33.7 Å². The van der Waals surface area contributed by atoms with E-state index in [1.807, 2.05) is 26.0 Å². The zero-order valence-electron chi connectivity index (χ0n) is 18.6. The third-order valence-corrected chi connectivity index (χ3v) is 6.35. The minimum absolute atomic E-state index is 0.0830. The summed E-state index contributed by atoms with van der Waals surface area (Å²) in [4.78, 5) is 35.1. The highest BCUT2D eigenvalue weighted by Crippen LogP contribution is 2.34. The summed E-state index contributed by atoms with van der Waals surface area (Å²) < 4.78 is 13.1. The average molecular weight is 469 g/mol. The van der Waals surface area contributed by atoms with Crippen LogP contribution in [0, 0.1) is 0 Å². The molecule has 0 aliphatic carbocycles. The van der Waals surface area contributed by atoms with E-state index in [-0.39, 0.29) is 17.5 Å². The molecule has 2 aliphatic heterocycles. The van der Waals surface area contributed by atoms with E-state index in [1.165, 1.54) is 0 Å². The Hall–Kier alpha value is -3.26. The van der Waals surface area contributed by atoms with Crippen LogP contribution in [-0.2, 0) is 0 Å². The maximum Gasteiger partial charge on any atom is 0.263 e. The van der Waals surface area contributed by atoms with Gasteiger partial charge in [0.25, 0.3) is 11.5 Å². The minimum Gasteiger partial charge on any atom is -0.486 e. The van der Waals surface area contributed by atoms with Crippen LogP contribution in [0.15, 0.2) is 41.2 Å². The summed E-state index contributed by atoms with van der Waals surface area (Å²) in [6.07, 6.45) is 0. The largest absolute Gasteiger partial charge is 0.486 e. The zero-order valence-corrected chi connectivity index (χ0v) is 19.3. The van der Waals surface area contributed by atoms with Crippen LogP contribution in [0.3, 0.4) is 0 Å². The third-order valence-electron chi connectivity index (χ3n) is 6.02. The molecular weight excluding hydrogens is 444 g/mol. The molecule has 9 heteroatoms. The van der Waals surface area contributed by atoms with Crippen LogP contribution in [0.5, 0.6) is 11.5 Å². The number of carbonyl (C=O) groups excluding carboxylic acids is 1. The number of piperazine rings is 1. The van der Waals surface area contributed by atoms with Crippen molar-refractivity contribution in [3.63, 3.8) is 0 Å². The van der Waals surface area contributed by atoms with E-state index in [9.17, 15) is 9.59 Å². The van der Waals surface area contributed by atoms with Crippen LogP contribution in [0.1, 0.15) is 30.2 Å². The van der Waals surface area contributed by atoms with Crippen molar-refractivity contribution in [2.24, 2.45) is 0 Å². The Morgan fingerprint density at radius 2 is 1.70 bits per heavy atom. The lowest BCUT2D eigenvalue weighted by Gasteiger charge is -2.37. The molecule has 0 saturated carbocycles. The van der Waals surface area contributed by atoms with Crippen molar-refractivity contribution in [3.8, 4) is 11.5 Å². The molecule has 0 bridgehead atoms. The summed E-state index contributed by atoms with van der Waals surface area (Å²) >= 11 is 6.22. The number of benzene rings is 2. The van der Waals surface area contributed by atoms with Crippen molar-refractivity contribution in [1.82, 2.24) is 14.5 Å². The summed E-state index contributed by atoms with van der Waals surface area (Å²) in [7, 11) is 0. The molecule has 2 aliphatic rings. The topological polar surface area (TPSA) is 76.9 Å². The fraction of sp³-hybridized carbons (Fsp3) is 0.375. The van der Waals surface area contributed by atoms with Gasteiger partial charge in [0.2, 0.25) is 5.95 Å². The normalized spacial score (nSPS) is 15.9. The fourth-order valence-electron chi connectivity index (χ4n) is 4.33. The molecular formula is C24H25ClN4O4. The second-order valence-electron chi connectivity index (χ2n) is 8.45. The first-order valence-electron chi connectivity index (χ1n) is 11.1. The zero-order chi connectivity index (χ0) is 23.1. The van der Waals surface area contributed by atoms with Gasteiger partial charge < -0.3 is 19.3 Å². The van der Waals surface area contributed by atoms with E-state index in [0.717, 1.165) is 0 Å². The van der Waals surface area contributed by atoms with Crippen LogP contribution in [0.4, 0.5) is 5.95 Å². The molecule has 5 rings (SSSR count). The molecule has 172 valence electrons. The van der Waals surface area contributed by atoms with Crippen molar-refractivity contribution < 1.29 is 14.3 Å². The van der Waals surface area contributed by atoms with E-state index >= 15 is 0 Å². The van der Waals surface area contributed by atoms with E-state index in [4.69, 9.17) is 26.1 Å². The fourth-order valence-corrected chi connectivity index (χ4v) is 4.54. The van der Waals surface area contributed by atoms with Gasteiger partial charge in [-0.05, 0) is 32.0 Å². The summed E-state index contributed by atoms with van der Waals surface area (Å²) in [5, 5.41) is 0.952. The molecule has 0 unspecified atom stereocenters. The molecule has 1 aromatic heterocycles. The number of ether oxygens (including phenoxy) is 2. The maximum atomic E-state index is 13.4. The van der Waals surface area contributed by atoms with Gasteiger partial charge in [-0.25, -0.2) is 4.98 Å².